The largest absolute Gasteiger partial charge is 0.444 e. The summed E-state index contributed by atoms with van der Waals surface area (Å²) < 4.78 is 36.4. The molecule has 12 heteroatoms. The van der Waals surface area contributed by atoms with Crippen molar-refractivity contribution in [3.8, 4) is 11.3 Å². The second-order valence-corrected chi connectivity index (χ2v) is 16.9. The average molecular weight is 709 g/mol. The quantitative estimate of drug-likeness (QED) is 0.250. The van der Waals surface area contributed by atoms with Crippen LogP contribution in [-0.2, 0) is 14.9 Å². The van der Waals surface area contributed by atoms with Gasteiger partial charge >= 0.3 is 6.09 Å². The number of halogens is 3. The molecule has 2 saturated heterocycles. The summed E-state index contributed by atoms with van der Waals surface area (Å²) in [5, 5.41) is 0.386. The molecule has 0 bridgehead atoms. The van der Waals surface area contributed by atoms with Gasteiger partial charge in [-0.15, -0.1) is 0 Å². The molecule has 4 fully saturated rings. The summed E-state index contributed by atoms with van der Waals surface area (Å²) >= 11 is 6.81. The molecule has 5 heterocycles. The van der Waals surface area contributed by atoms with Crippen molar-refractivity contribution in [1.82, 2.24) is 24.3 Å². The number of fused-ring (bicyclic) bond motifs is 3. The molecule has 2 spiro atoms. The topological polar surface area (TPSA) is 83.8 Å². The summed E-state index contributed by atoms with van der Waals surface area (Å²) in [4.78, 5) is 43.1. The first-order chi connectivity index (χ1) is 23.7. The van der Waals surface area contributed by atoms with Crippen molar-refractivity contribution < 1.29 is 23.1 Å². The van der Waals surface area contributed by atoms with Gasteiger partial charge in [-0.05, 0) is 96.9 Å². The summed E-state index contributed by atoms with van der Waals surface area (Å²) in [5.74, 6) is -2.49. The number of piperidine rings is 2. The van der Waals surface area contributed by atoms with Gasteiger partial charge < -0.3 is 19.1 Å². The van der Waals surface area contributed by atoms with Crippen LogP contribution in [0.3, 0.4) is 0 Å². The molecule has 1 aromatic carbocycles. The van der Waals surface area contributed by atoms with Crippen LogP contribution < -0.4 is 4.90 Å². The third-order valence-electron chi connectivity index (χ3n) is 12.3. The standard InChI is InChI=1S/C38H47ClF2N6O3/c1-6-23(2)46-22-42-29-19-28(43-32(39)31(29)46)24-8-9-27-30(16-24)47(26-17-25(18-26)45-13-7-10-36(21-45)20-38(36,40)41)33(48)37(27)11-14-44(15-12-37)34(49)50-35(3,4)5/h8-9,16,19,22-23,25-26H,6-7,10-15,17-18,20-21H2,1-5H3/t23-,25-,26+,36?/m0/s1. The number of alkyl halides is 2. The third kappa shape index (κ3) is 5.31. The minimum Gasteiger partial charge on any atom is -0.444 e. The molecular formula is C38H47ClF2N6O3. The smallest absolute Gasteiger partial charge is 0.410 e. The fraction of sp³-hybridized carbons (Fsp3) is 0.632. The zero-order valence-corrected chi connectivity index (χ0v) is 30.4. The first-order valence-electron chi connectivity index (χ1n) is 18.3. The molecule has 3 aromatic rings. The number of anilines is 1. The van der Waals surface area contributed by atoms with Crippen LogP contribution in [-0.4, -0.2) is 86.1 Å². The Hall–Kier alpha value is -3.31. The summed E-state index contributed by atoms with van der Waals surface area (Å²) in [5.41, 5.74) is 2.73. The van der Waals surface area contributed by atoms with Crippen molar-refractivity contribution in [3.63, 3.8) is 0 Å². The Balaban J connectivity index is 1.10. The molecule has 2 saturated carbocycles. The molecule has 268 valence electrons. The highest BCUT2D eigenvalue weighted by Crippen LogP contribution is 2.65. The van der Waals surface area contributed by atoms with Crippen molar-refractivity contribution in [2.75, 3.05) is 31.1 Å². The highest BCUT2D eigenvalue weighted by atomic mass is 35.5. The van der Waals surface area contributed by atoms with E-state index >= 15 is 0 Å². The fourth-order valence-electron chi connectivity index (χ4n) is 9.06. The lowest BCUT2D eigenvalue weighted by molar-refractivity contribution is -0.126. The van der Waals surface area contributed by atoms with Crippen LogP contribution in [0.4, 0.5) is 19.3 Å². The van der Waals surface area contributed by atoms with E-state index in [1.165, 1.54) is 0 Å². The zero-order chi connectivity index (χ0) is 35.4. The van der Waals surface area contributed by atoms with Gasteiger partial charge in [0.15, 0.2) is 5.15 Å². The molecule has 2 amide bonds. The van der Waals surface area contributed by atoms with Crippen LogP contribution in [0, 0.1) is 5.41 Å². The second kappa shape index (κ2) is 11.6. The SMILES string of the molecule is CC[C@H](C)n1cnc2cc(-c3ccc4c(c3)N([C@H]3C[C@@H](N5CCCC6(C5)CC6(F)F)C3)C(=O)C43CCN(C(=O)OC(C)(C)C)CC3)nc(Cl)c21. The number of amides is 2. The Morgan fingerprint density at radius 3 is 2.48 bits per heavy atom. The van der Waals surface area contributed by atoms with Crippen molar-refractivity contribution in [1.29, 1.82) is 0 Å². The van der Waals surface area contributed by atoms with E-state index in [0.29, 0.717) is 49.7 Å². The van der Waals surface area contributed by atoms with E-state index in [0.717, 1.165) is 60.1 Å². The van der Waals surface area contributed by atoms with Gasteiger partial charge in [-0.2, -0.15) is 0 Å². The van der Waals surface area contributed by atoms with Gasteiger partial charge in [-0.25, -0.2) is 23.5 Å². The Kier molecular flexibility index (Phi) is 7.85. The molecular weight excluding hydrogens is 662 g/mol. The molecule has 5 aliphatic rings. The third-order valence-corrected chi connectivity index (χ3v) is 12.6. The molecule has 50 heavy (non-hydrogen) atoms. The van der Waals surface area contributed by atoms with Gasteiger partial charge in [0.25, 0.3) is 5.92 Å². The van der Waals surface area contributed by atoms with Crippen LogP contribution in [0.25, 0.3) is 22.3 Å². The number of aromatic nitrogens is 3. The highest BCUT2D eigenvalue weighted by molar-refractivity contribution is 6.34. The first-order valence-corrected chi connectivity index (χ1v) is 18.6. The van der Waals surface area contributed by atoms with Crippen LogP contribution in [0.1, 0.15) is 97.6 Å². The minimum absolute atomic E-state index is 0.00202. The zero-order valence-electron chi connectivity index (χ0n) is 29.6. The maximum atomic E-state index is 14.8. The normalized spacial score (nSPS) is 27.9. The molecule has 2 aliphatic carbocycles. The molecule has 2 aromatic heterocycles. The summed E-state index contributed by atoms with van der Waals surface area (Å²) in [6.07, 6.45) is 6.26. The first kappa shape index (κ1) is 33.8. The van der Waals surface area contributed by atoms with Gasteiger partial charge in [0, 0.05) is 55.4 Å². The lowest BCUT2D eigenvalue weighted by Crippen LogP contribution is -2.59. The van der Waals surface area contributed by atoms with Crippen molar-refractivity contribution in [3.05, 3.63) is 41.3 Å². The number of benzene rings is 1. The van der Waals surface area contributed by atoms with Crippen molar-refractivity contribution in [2.24, 2.45) is 5.41 Å². The number of hydrogen-bond acceptors (Lipinski definition) is 6. The van der Waals surface area contributed by atoms with E-state index in [9.17, 15) is 18.4 Å². The van der Waals surface area contributed by atoms with E-state index in [2.05, 4.69) is 40.4 Å². The lowest BCUT2D eigenvalue weighted by atomic mass is 9.73. The van der Waals surface area contributed by atoms with E-state index in [4.69, 9.17) is 21.3 Å². The summed E-state index contributed by atoms with van der Waals surface area (Å²) in [7, 11) is 0. The van der Waals surface area contributed by atoms with E-state index < -0.39 is 22.4 Å². The van der Waals surface area contributed by atoms with Crippen LogP contribution >= 0.6 is 11.6 Å². The molecule has 0 N–H and O–H groups in total. The Morgan fingerprint density at radius 2 is 1.82 bits per heavy atom. The van der Waals surface area contributed by atoms with Gasteiger partial charge in [0.2, 0.25) is 5.91 Å². The summed E-state index contributed by atoms with van der Waals surface area (Å²) in [6.45, 7) is 11.9. The second-order valence-electron chi connectivity index (χ2n) is 16.5. The highest BCUT2D eigenvalue weighted by Gasteiger charge is 2.71. The number of carbonyl (C=O) groups is 2. The summed E-state index contributed by atoms with van der Waals surface area (Å²) in [6, 6.07) is 8.47. The number of carbonyl (C=O) groups excluding carboxylic acids is 2. The van der Waals surface area contributed by atoms with Crippen LogP contribution in [0.15, 0.2) is 30.6 Å². The number of likely N-dealkylation sites (tertiary alicyclic amines) is 2. The van der Waals surface area contributed by atoms with E-state index in [-0.39, 0.29) is 36.5 Å². The fourth-order valence-corrected chi connectivity index (χ4v) is 9.34. The molecule has 8 rings (SSSR count). The number of imidazole rings is 1. The number of pyridine rings is 1. The molecule has 3 aliphatic heterocycles. The van der Waals surface area contributed by atoms with Crippen LogP contribution in [0.2, 0.25) is 5.15 Å². The van der Waals surface area contributed by atoms with Gasteiger partial charge in [-0.3, -0.25) is 9.69 Å². The van der Waals surface area contributed by atoms with Crippen LogP contribution in [0.5, 0.6) is 0 Å². The van der Waals surface area contributed by atoms with Gasteiger partial charge in [0.1, 0.15) is 11.1 Å². The lowest BCUT2D eigenvalue weighted by Gasteiger charge is -2.49. The average Bonchev–Trinajstić information content (AvgIpc) is 3.30. The van der Waals surface area contributed by atoms with Crippen molar-refractivity contribution >= 4 is 40.3 Å². The maximum Gasteiger partial charge on any atom is 0.410 e. The Bertz CT molecular complexity index is 1860. The van der Waals surface area contributed by atoms with Gasteiger partial charge in [-0.1, -0.05) is 30.7 Å². The molecule has 0 radical (unpaired) electrons. The monoisotopic (exact) mass is 708 g/mol. The number of rotatable bonds is 5. The number of ether oxygens (including phenoxy) is 1. The Morgan fingerprint density at radius 1 is 1.10 bits per heavy atom. The predicted octanol–water partition coefficient (Wildman–Crippen LogP) is 7.99. The molecule has 1 unspecified atom stereocenters. The maximum absolute atomic E-state index is 14.8. The van der Waals surface area contributed by atoms with Crippen molar-refractivity contribution in [2.45, 2.75) is 121 Å². The minimum atomic E-state index is -2.55. The van der Waals surface area contributed by atoms with Gasteiger partial charge in [0.05, 0.1) is 28.4 Å². The Labute approximate surface area is 297 Å². The number of hydrogen-bond donors (Lipinski definition) is 0. The van der Waals surface area contributed by atoms with E-state index in [1.807, 2.05) is 44.1 Å². The molecule has 2 atom stereocenters. The molecule has 9 nitrogen and oxygen atoms in total. The predicted molar refractivity (Wildman–Crippen MR) is 189 cm³/mol. The number of nitrogens with zero attached hydrogens (tertiary/aromatic N) is 6. The van der Waals surface area contributed by atoms with E-state index in [1.54, 1.807) is 4.90 Å².